The minimum absolute atomic E-state index is 0.00642. The lowest BCUT2D eigenvalue weighted by Crippen LogP contribution is -2.31. The summed E-state index contributed by atoms with van der Waals surface area (Å²) >= 11 is 0. The van der Waals surface area contributed by atoms with Gasteiger partial charge in [0.2, 0.25) is 0 Å². The molecule has 6 heteroatoms. The molecule has 0 atom stereocenters. The van der Waals surface area contributed by atoms with E-state index in [9.17, 15) is 14.9 Å². The van der Waals surface area contributed by atoms with Crippen molar-refractivity contribution in [3.63, 3.8) is 0 Å². The molecule has 1 aromatic rings. The van der Waals surface area contributed by atoms with E-state index < -0.39 is 10.9 Å². The van der Waals surface area contributed by atoms with Gasteiger partial charge in [0.15, 0.2) is 0 Å². The summed E-state index contributed by atoms with van der Waals surface area (Å²) in [5, 5.41) is 20.4. The monoisotopic (exact) mass is 334 g/mol. The molecule has 1 rings (SSSR count). The van der Waals surface area contributed by atoms with Crippen LogP contribution in [-0.4, -0.2) is 29.1 Å². The van der Waals surface area contributed by atoms with E-state index in [2.05, 4.69) is 27.7 Å². The molecule has 0 heterocycles. The second-order valence-corrected chi connectivity index (χ2v) is 6.82. The van der Waals surface area contributed by atoms with Gasteiger partial charge in [0.05, 0.1) is 4.92 Å². The molecule has 0 bridgehead atoms. The molecule has 24 heavy (non-hydrogen) atoms. The van der Waals surface area contributed by atoms with Crippen LogP contribution in [0.25, 0.3) is 5.57 Å². The molecule has 0 radical (unpaired) electrons. The Hall–Kier alpha value is -2.37. The van der Waals surface area contributed by atoms with Crippen LogP contribution in [-0.2, 0) is 4.79 Å². The van der Waals surface area contributed by atoms with Gasteiger partial charge in [-0.25, -0.2) is 4.79 Å². The summed E-state index contributed by atoms with van der Waals surface area (Å²) in [6, 6.07) is 4.92. The number of hydrogen-bond donors (Lipinski definition) is 1. The molecule has 0 aliphatic carbocycles. The molecule has 1 N–H and O–H groups in total. The highest BCUT2D eigenvalue weighted by Gasteiger charge is 2.22. The molecular weight excluding hydrogens is 308 g/mol. The molecule has 0 saturated carbocycles. The SMILES string of the molecule is CC(=CC(=O)O)c1ccc(N(CC(C)C)CC(C)C)c([N+](=O)[O-])c1. The predicted molar refractivity (Wildman–Crippen MR) is 96.3 cm³/mol. The number of nitro groups is 1. The lowest BCUT2D eigenvalue weighted by atomic mass is 10.0. The molecule has 0 saturated heterocycles. The number of nitrogens with zero attached hydrogens (tertiary/aromatic N) is 2. The Morgan fingerprint density at radius 1 is 1.25 bits per heavy atom. The van der Waals surface area contributed by atoms with Crippen molar-refractivity contribution in [2.45, 2.75) is 34.6 Å². The highest BCUT2D eigenvalue weighted by atomic mass is 16.6. The van der Waals surface area contributed by atoms with Crippen molar-refractivity contribution in [1.29, 1.82) is 0 Å². The first-order valence-electron chi connectivity index (χ1n) is 8.06. The van der Waals surface area contributed by atoms with E-state index in [0.29, 0.717) is 28.7 Å². The van der Waals surface area contributed by atoms with Crippen molar-refractivity contribution in [2.24, 2.45) is 11.8 Å². The number of rotatable bonds is 8. The molecule has 0 amide bonds. The van der Waals surface area contributed by atoms with Crippen LogP contribution in [0.2, 0.25) is 0 Å². The fourth-order valence-electron chi connectivity index (χ4n) is 2.60. The van der Waals surface area contributed by atoms with Crippen molar-refractivity contribution in [3.8, 4) is 0 Å². The minimum atomic E-state index is -1.07. The maximum absolute atomic E-state index is 11.5. The zero-order chi connectivity index (χ0) is 18.4. The Balaban J connectivity index is 3.36. The number of allylic oxidation sites excluding steroid dienone is 1. The Kier molecular flexibility index (Phi) is 6.95. The molecule has 0 aliphatic rings. The highest BCUT2D eigenvalue weighted by Crippen LogP contribution is 2.32. The normalized spacial score (nSPS) is 11.9. The van der Waals surface area contributed by atoms with Gasteiger partial charge in [0.1, 0.15) is 5.69 Å². The van der Waals surface area contributed by atoms with Gasteiger partial charge in [-0.3, -0.25) is 10.1 Å². The number of aliphatic carboxylic acids is 1. The molecule has 0 spiro atoms. The maximum Gasteiger partial charge on any atom is 0.328 e. The first-order valence-corrected chi connectivity index (χ1v) is 8.06. The highest BCUT2D eigenvalue weighted by molar-refractivity contribution is 5.90. The third-order valence-electron chi connectivity index (χ3n) is 3.48. The first-order chi connectivity index (χ1) is 11.1. The fraction of sp³-hybridized carbons (Fsp3) is 0.500. The van der Waals surface area contributed by atoms with Crippen molar-refractivity contribution < 1.29 is 14.8 Å². The summed E-state index contributed by atoms with van der Waals surface area (Å²) in [7, 11) is 0. The molecule has 0 fully saturated rings. The summed E-state index contributed by atoms with van der Waals surface area (Å²) in [6.07, 6.45) is 1.05. The number of anilines is 1. The van der Waals surface area contributed by atoms with Gasteiger partial charge in [-0.15, -0.1) is 0 Å². The topological polar surface area (TPSA) is 83.7 Å². The number of nitro benzene ring substituents is 1. The molecule has 0 unspecified atom stereocenters. The molecule has 1 aromatic carbocycles. The molecular formula is C18H26N2O4. The van der Waals surface area contributed by atoms with Gasteiger partial charge in [-0.05, 0) is 36.0 Å². The van der Waals surface area contributed by atoms with Gasteiger partial charge in [-0.1, -0.05) is 33.8 Å². The standard InChI is InChI=1S/C18H26N2O4/c1-12(2)10-19(11-13(3)4)16-7-6-15(9-17(16)20(23)24)14(5)8-18(21)22/h6-9,12-13H,10-11H2,1-5H3,(H,21,22). The average Bonchev–Trinajstić information content (AvgIpc) is 2.44. The van der Waals surface area contributed by atoms with Crippen molar-refractivity contribution >= 4 is 22.9 Å². The van der Waals surface area contributed by atoms with Gasteiger partial charge >= 0.3 is 5.97 Å². The number of carboxylic acid groups (broad SMARTS) is 1. The quantitative estimate of drug-likeness (QED) is 0.437. The maximum atomic E-state index is 11.5. The minimum Gasteiger partial charge on any atom is -0.478 e. The Morgan fingerprint density at radius 2 is 1.79 bits per heavy atom. The van der Waals surface area contributed by atoms with E-state index in [0.717, 1.165) is 19.2 Å². The van der Waals surface area contributed by atoms with Gasteiger partial charge < -0.3 is 10.0 Å². The van der Waals surface area contributed by atoms with Crippen LogP contribution < -0.4 is 4.90 Å². The molecule has 0 aliphatic heterocycles. The summed E-state index contributed by atoms with van der Waals surface area (Å²) in [6.45, 7) is 11.4. The van der Waals surface area contributed by atoms with E-state index in [4.69, 9.17) is 5.11 Å². The van der Waals surface area contributed by atoms with E-state index >= 15 is 0 Å². The Bertz CT molecular complexity index is 626. The van der Waals surface area contributed by atoms with Crippen molar-refractivity contribution in [3.05, 3.63) is 40.0 Å². The Labute approximate surface area is 142 Å². The first kappa shape index (κ1) is 19.7. The van der Waals surface area contributed by atoms with Crippen molar-refractivity contribution in [2.75, 3.05) is 18.0 Å². The molecule has 0 aromatic heterocycles. The second-order valence-electron chi connectivity index (χ2n) is 6.82. The summed E-state index contributed by atoms with van der Waals surface area (Å²) in [5.41, 5.74) is 1.61. The third-order valence-corrected chi connectivity index (χ3v) is 3.48. The number of hydrogen-bond acceptors (Lipinski definition) is 4. The van der Waals surface area contributed by atoms with Gasteiger partial charge in [0, 0.05) is 25.2 Å². The van der Waals surface area contributed by atoms with Crippen LogP contribution >= 0.6 is 0 Å². The number of carboxylic acids is 1. The van der Waals surface area contributed by atoms with E-state index in [-0.39, 0.29) is 5.69 Å². The number of carbonyl (C=O) groups is 1. The van der Waals surface area contributed by atoms with Crippen LogP contribution in [0.15, 0.2) is 24.3 Å². The summed E-state index contributed by atoms with van der Waals surface area (Å²) in [5.74, 6) is -0.325. The lowest BCUT2D eigenvalue weighted by Gasteiger charge is -2.28. The third kappa shape index (κ3) is 5.68. The van der Waals surface area contributed by atoms with Crippen LogP contribution in [0, 0.1) is 22.0 Å². The molecule has 6 nitrogen and oxygen atoms in total. The lowest BCUT2D eigenvalue weighted by molar-refractivity contribution is -0.384. The van der Waals surface area contributed by atoms with Gasteiger partial charge in [0.25, 0.3) is 5.69 Å². The fourth-order valence-corrected chi connectivity index (χ4v) is 2.60. The van der Waals surface area contributed by atoms with Gasteiger partial charge in [-0.2, -0.15) is 0 Å². The smallest absolute Gasteiger partial charge is 0.328 e. The van der Waals surface area contributed by atoms with Crippen LogP contribution in [0.4, 0.5) is 11.4 Å². The molecule has 132 valence electrons. The summed E-state index contributed by atoms with van der Waals surface area (Å²) in [4.78, 5) is 24.0. The average molecular weight is 334 g/mol. The Morgan fingerprint density at radius 3 is 2.21 bits per heavy atom. The van der Waals surface area contributed by atoms with E-state index in [1.807, 2.05) is 4.90 Å². The van der Waals surface area contributed by atoms with E-state index in [1.54, 1.807) is 19.1 Å². The zero-order valence-corrected chi connectivity index (χ0v) is 14.9. The second kappa shape index (κ2) is 8.47. The number of benzene rings is 1. The van der Waals surface area contributed by atoms with E-state index in [1.165, 1.54) is 6.07 Å². The summed E-state index contributed by atoms with van der Waals surface area (Å²) < 4.78 is 0. The largest absolute Gasteiger partial charge is 0.478 e. The zero-order valence-electron chi connectivity index (χ0n) is 14.9. The van der Waals surface area contributed by atoms with Crippen LogP contribution in [0.3, 0.4) is 0 Å². The van der Waals surface area contributed by atoms with Crippen LogP contribution in [0.1, 0.15) is 40.2 Å². The van der Waals surface area contributed by atoms with Crippen molar-refractivity contribution in [1.82, 2.24) is 0 Å². The van der Waals surface area contributed by atoms with Crippen LogP contribution in [0.5, 0.6) is 0 Å². The predicted octanol–water partition coefficient (Wildman–Crippen LogP) is 4.20.